The van der Waals surface area contributed by atoms with Gasteiger partial charge in [0.1, 0.15) is 17.2 Å². The third-order valence-electron chi connectivity index (χ3n) is 3.92. The Morgan fingerprint density at radius 2 is 1.92 bits per heavy atom. The molecule has 124 valence electrons. The van der Waals surface area contributed by atoms with E-state index in [1.54, 1.807) is 38.7 Å². The Bertz CT molecular complexity index is 859. The van der Waals surface area contributed by atoms with E-state index in [4.69, 9.17) is 9.47 Å². The number of amides is 1. The summed E-state index contributed by atoms with van der Waals surface area (Å²) in [6.45, 7) is 1.93. The lowest BCUT2D eigenvalue weighted by atomic mass is 10.1. The number of methoxy groups -OCH3 is 2. The maximum atomic E-state index is 12.5. The zero-order valence-corrected chi connectivity index (χ0v) is 13.8. The van der Waals surface area contributed by atoms with E-state index in [0.717, 1.165) is 16.5 Å². The first-order chi connectivity index (χ1) is 11.6. The molecule has 2 heterocycles. The molecule has 0 spiro atoms. The van der Waals surface area contributed by atoms with Crippen molar-refractivity contribution in [2.45, 2.75) is 13.0 Å². The van der Waals surface area contributed by atoms with Gasteiger partial charge >= 0.3 is 0 Å². The number of hydrogen-bond donors (Lipinski definition) is 2. The summed E-state index contributed by atoms with van der Waals surface area (Å²) in [6, 6.07) is 9.06. The first-order valence-corrected chi connectivity index (χ1v) is 7.58. The van der Waals surface area contributed by atoms with Crippen LogP contribution in [0.15, 0.2) is 42.7 Å². The summed E-state index contributed by atoms with van der Waals surface area (Å²) in [4.78, 5) is 19.6. The van der Waals surface area contributed by atoms with Gasteiger partial charge in [0.25, 0.3) is 5.91 Å². The van der Waals surface area contributed by atoms with Crippen LogP contribution >= 0.6 is 0 Å². The Balaban J connectivity index is 1.87. The highest BCUT2D eigenvalue weighted by atomic mass is 16.5. The summed E-state index contributed by atoms with van der Waals surface area (Å²) >= 11 is 0. The van der Waals surface area contributed by atoms with Gasteiger partial charge in [0.05, 0.1) is 25.8 Å². The zero-order valence-electron chi connectivity index (χ0n) is 13.8. The summed E-state index contributed by atoms with van der Waals surface area (Å²) in [6.07, 6.45) is 3.41. The predicted molar refractivity (Wildman–Crippen MR) is 91.5 cm³/mol. The van der Waals surface area contributed by atoms with Crippen molar-refractivity contribution < 1.29 is 14.3 Å². The van der Waals surface area contributed by atoms with Gasteiger partial charge in [-0.15, -0.1) is 0 Å². The maximum absolute atomic E-state index is 12.5. The monoisotopic (exact) mass is 325 g/mol. The standard InChI is InChI=1S/C18H19N3O3/c1-11(12-4-6-19-7-5-12)20-18(22)15-9-13-8-14(23-2)10-16(24-3)17(13)21-15/h4-11,21H,1-3H3,(H,20,22)/t11-/m0/s1. The van der Waals surface area contributed by atoms with Crippen molar-refractivity contribution >= 4 is 16.8 Å². The van der Waals surface area contributed by atoms with Gasteiger partial charge in [-0.1, -0.05) is 0 Å². The van der Waals surface area contributed by atoms with Gasteiger partial charge in [-0.2, -0.15) is 0 Å². The second-order valence-corrected chi connectivity index (χ2v) is 5.45. The minimum Gasteiger partial charge on any atom is -0.497 e. The van der Waals surface area contributed by atoms with E-state index in [1.807, 2.05) is 25.1 Å². The highest BCUT2D eigenvalue weighted by Gasteiger charge is 2.16. The number of carbonyl (C=O) groups excluding carboxylic acids is 1. The number of rotatable bonds is 5. The summed E-state index contributed by atoms with van der Waals surface area (Å²) < 4.78 is 10.6. The molecular formula is C18H19N3O3. The Morgan fingerprint density at radius 3 is 2.58 bits per heavy atom. The molecule has 6 nitrogen and oxygen atoms in total. The van der Waals surface area contributed by atoms with Crippen LogP contribution in [0.5, 0.6) is 11.5 Å². The molecule has 0 aliphatic rings. The van der Waals surface area contributed by atoms with Crippen LogP contribution in [0.3, 0.4) is 0 Å². The molecule has 3 rings (SSSR count). The molecule has 0 fully saturated rings. The Morgan fingerprint density at radius 1 is 1.17 bits per heavy atom. The second-order valence-electron chi connectivity index (χ2n) is 5.45. The summed E-state index contributed by atoms with van der Waals surface area (Å²) in [5.41, 5.74) is 2.23. The minimum absolute atomic E-state index is 0.122. The number of hydrogen-bond acceptors (Lipinski definition) is 4. The van der Waals surface area contributed by atoms with Crippen molar-refractivity contribution in [2.75, 3.05) is 14.2 Å². The van der Waals surface area contributed by atoms with Gasteiger partial charge in [-0.3, -0.25) is 9.78 Å². The third-order valence-corrected chi connectivity index (χ3v) is 3.92. The van der Waals surface area contributed by atoms with Gasteiger partial charge in [0.2, 0.25) is 0 Å². The highest BCUT2D eigenvalue weighted by molar-refractivity contribution is 6.00. The molecule has 6 heteroatoms. The third kappa shape index (κ3) is 3.03. The van der Waals surface area contributed by atoms with Gasteiger partial charge in [0.15, 0.2) is 0 Å². The number of ether oxygens (including phenoxy) is 2. The van der Waals surface area contributed by atoms with Gasteiger partial charge < -0.3 is 19.8 Å². The molecule has 1 atom stereocenters. The predicted octanol–water partition coefficient (Wildman–Crippen LogP) is 3.07. The normalized spacial score (nSPS) is 12.0. The quantitative estimate of drug-likeness (QED) is 0.756. The second kappa shape index (κ2) is 6.62. The first-order valence-electron chi connectivity index (χ1n) is 7.58. The molecule has 0 saturated carbocycles. The first kappa shape index (κ1) is 15.9. The largest absolute Gasteiger partial charge is 0.497 e. The zero-order chi connectivity index (χ0) is 17.1. The average Bonchev–Trinajstić information content (AvgIpc) is 3.05. The number of H-pyrrole nitrogens is 1. The molecule has 24 heavy (non-hydrogen) atoms. The van der Waals surface area contributed by atoms with Crippen LogP contribution in [0, 0.1) is 0 Å². The molecule has 0 aliphatic heterocycles. The van der Waals surface area contributed by atoms with E-state index in [9.17, 15) is 4.79 Å². The number of fused-ring (bicyclic) bond motifs is 1. The van der Waals surface area contributed by atoms with Crippen LogP contribution in [-0.4, -0.2) is 30.1 Å². The van der Waals surface area contributed by atoms with Crippen LogP contribution in [0.4, 0.5) is 0 Å². The minimum atomic E-state index is -0.184. The Kier molecular flexibility index (Phi) is 4.37. The lowest BCUT2D eigenvalue weighted by molar-refractivity contribution is 0.0935. The average molecular weight is 325 g/mol. The van der Waals surface area contributed by atoms with E-state index in [-0.39, 0.29) is 11.9 Å². The number of carbonyl (C=O) groups is 1. The molecule has 0 unspecified atom stereocenters. The fraction of sp³-hybridized carbons (Fsp3) is 0.222. The van der Waals surface area contributed by atoms with Crippen molar-refractivity contribution in [1.29, 1.82) is 0 Å². The van der Waals surface area contributed by atoms with Crippen LogP contribution in [0.1, 0.15) is 29.0 Å². The van der Waals surface area contributed by atoms with E-state index < -0.39 is 0 Å². The highest BCUT2D eigenvalue weighted by Crippen LogP contribution is 2.31. The van der Waals surface area contributed by atoms with Crippen molar-refractivity contribution in [2.24, 2.45) is 0 Å². The van der Waals surface area contributed by atoms with Crippen molar-refractivity contribution in [3.63, 3.8) is 0 Å². The van der Waals surface area contributed by atoms with Crippen LogP contribution < -0.4 is 14.8 Å². The van der Waals surface area contributed by atoms with Crippen molar-refractivity contribution in [3.05, 3.63) is 54.0 Å². The van der Waals surface area contributed by atoms with Gasteiger partial charge in [-0.05, 0) is 36.8 Å². The van der Waals surface area contributed by atoms with E-state index in [0.29, 0.717) is 17.2 Å². The summed E-state index contributed by atoms with van der Waals surface area (Å²) in [5.74, 6) is 1.12. The van der Waals surface area contributed by atoms with Crippen molar-refractivity contribution in [3.8, 4) is 11.5 Å². The number of nitrogens with one attached hydrogen (secondary N) is 2. The molecule has 2 N–H and O–H groups in total. The molecule has 0 radical (unpaired) electrons. The number of pyridine rings is 1. The van der Waals surface area contributed by atoms with Gasteiger partial charge in [-0.25, -0.2) is 0 Å². The molecule has 0 bridgehead atoms. The van der Waals surface area contributed by atoms with E-state index >= 15 is 0 Å². The summed E-state index contributed by atoms with van der Waals surface area (Å²) in [7, 11) is 3.18. The number of aromatic amines is 1. The SMILES string of the molecule is COc1cc(OC)c2[nH]c(C(=O)N[C@@H](C)c3ccncc3)cc2c1. The van der Waals surface area contributed by atoms with Crippen LogP contribution in [0.25, 0.3) is 10.9 Å². The molecule has 0 saturated heterocycles. The maximum Gasteiger partial charge on any atom is 0.268 e. The number of benzene rings is 1. The Labute approximate surface area is 139 Å². The smallest absolute Gasteiger partial charge is 0.268 e. The lowest BCUT2D eigenvalue weighted by Crippen LogP contribution is -2.26. The lowest BCUT2D eigenvalue weighted by Gasteiger charge is -2.13. The van der Waals surface area contributed by atoms with Crippen LogP contribution in [0.2, 0.25) is 0 Å². The fourth-order valence-corrected chi connectivity index (χ4v) is 2.60. The topological polar surface area (TPSA) is 76.2 Å². The number of nitrogens with zero attached hydrogens (tertiary/aromatic N) is 1. The molecule has 2 aromatic heterocycles. The van der Waals surface area contributed by atoms with Gasteiger partial charge in [0, 0.05) is 23.8 Å². The van der Waals surface area contributed by atoms with Crippen molar-refractivity contribution in [1.82, 2.24) is 15.3 Å². The molecular weight excluding hydrogens is 306 g/mol. The Hall–Kier alpha value is -3.02. The molecule has 3 aromatic rings. The van der Waals surface area contributed by atoms with Crippen LogP contribution in [-0.2, 0) is 0 Å². The molecule has 0 aliphatic carbocycles. The number of aromatic nitrogens is 2. The fourth-order valence-electron chi connectivity index (χ4n) is 2.60. The van der Waals surface area contributed by atoms with E-state index in [2.05, 4.69) is 15.3 Å². The van der Waals surface area contributed by atoms with E-state index in [1.165, 1.54) is 0 Å². The summed E-state index contributed by atoms with van der Waals surface area (Å²) in [5, 5.41) is 3.82. The molecule has 1 amide bonds. The molecule has 1 aromatic carbocycles.